The standard InChI is InChI=1S/C17H16N2O6S/c1-2-24-13-4-5-14(15(9-13)19(22)23)18-16(20)10-25-17(21)6-3-12-7-8-26-11-12/h3-9,11H,2,10H2,1H3,(H,18,20)/b6-3+. The van der Waals surface area contributed by atoms with E-state index in [1.807, 2.05) is 16.8 Å². The highest BCUT2D eigenvalue weighted by Gasteiger charge is 2.17. The molecule has 1 heterocycles. The number of anilines is 1. The first-order valence-corrected chi connectivity index (χ1v) is 8.52. The first kappa shape index (κ1) is 19.1. The number of ether oxygens (including phenoxy) is 2. The zero-order chi connectivity index (χ0) is 18.9. The van der Waals surface area contributed by atoms with Crippen molar-refractivity contribution < 1.29 is 24.0 Å². The molecule has 0 unspecified atom stereocenters. The molecule has 2 aromatic rings. The maximum Gasteiger partial charge on any atom is 0.331 e. The Kier molecular flexibility index (Phi) is 6.86. The van der Waals surface area contributed by atoms with E-state index in [2.05, 4.69) is 5.32 Å². The lowest BCUT2D eigenvalue weighted by Gasteiger charge is -2.08. The van der Waals surface area contributed by atoms with Crippen LogP contribution in [0.3, 0.4) is 0 Å². The summed E-state index contributed by atoms with van der Waals surface area (Å²) in [5.41, 5.74) is 0.530. The molecule has 0 radical (unpaired) electrons. The normalized spacial score (nSPS) is 10.5. The lowest BCUT2D eigenvalue weighted by atomic mass is 10.2. The third-order valence-electron chi connectivity index (χ3n) is 3.05. The summed E-state index contributed by atoms with van der Waals surface area (Å²) >= 11 is 1.49. The van der Waals surface area contributed by atoms with Crippen molar-refractivity contribution in [2.24, 2.45) is 0 Å². The van der Waals surface area contributed by atoms with Crippen LogP contribution in [0.2, 0.25) is 0 Å². The third-order valence-corrected chi connectivity index (χ3v) is 3.75. The maximum atomic E-state index is 11.9. The van der Waals surface area contributed by atoms with Gasteiger partial charge in [0.25, 0.3) is 11.6 Å². The molecule has 2 rings (SSSR count). The molecule has 0 aliphatic carbocycles. The number of carbonyl (C=O) groups excluding carboxylic acids is 2. The zero-order valence-electron chi connectivity index (χ0n) is 13.8. The fraction of sp³-hybridized carbons (Fsp3) is 0.176. The highest BCUT2D eigenvalue weighted by Crippen LogP contribution is 2.29. The molecule has 0 saturated heterocycles. The molecule has 0 fully saturated rings. The summed E-state index contributed by atoms with van der Waals surface area (Å²) in [6.45, 7) is 1.55. The van der Waals surface area contributed by atoms with E-state index in [0.29, 0.717) is 12.4 Å². The van der Waals surface area contributed by atoms with Crippen molar-refractivity contribution in [1.82, 2.24) is 0 Å². The largest absolute Gasteiger partial charge is 0.494 e. The minimum absolute atomic E-state index is 0.00619. The summed E-state index contributed by atoms with van der Waals surface area (Å²) < 4.78 is 10.0. The van der Waals surface area contributed by atoms with Gasteiger partial charge in [-0.15, -0.1) is 0 Å². The van der Waals surface area contributed by atoms with Crippen molar-refractivity contribution in [3.8, 4) is 5.75 Å². The Bertz CT molecular complexity index is 817. The maximum absolute atomic E-state index is 11.9. The van der Waals surface area contributed by atoms with Gasteiger partial charge in [-0.2, -0.15) is 11.3 Å². The van der Waals surface area contributed by atoms with Gasteiger partial charge in [0.1, 0.15) is 11.4 Å². The van der Waals surface area contributed by atoms with Gasteiger partial charge in [-0.1, -0.05) is 0 Å². The fourth-order valence-corrected chi connectivity index (χ4v) is 2.56. The highest BCUT2D eigenvalue weighted by molar-refractivity contribution is 7.08. The van der Waals surface area contributed by atoms with Crippen LogP contribution in [0.1, 0.15) is 12.5 Å². The fourth-order valence-electron chi connectivity index (χ4n) is 1.93. The number of nitrogens with zero attached hydrogens (tertiary/aromatic N) is 1. The van der Waals surface area contributed by atoms with E-state index in [0.717, 1.165) is 5.56 Å². The van der Waals surface area contributed by atoms with Crippen LogP contribution in [0, 0.1) is 10.1 Å². The molecule has 1 aromatic heterocycles. The molecule has 0 atom stereocenters. The number of hydrogen-bond acceptors (Lipinski definition) is 7. The summed E-state index contributed by atoms with van der Waals surface area (Å²) in [4.78, 5) is 33.9. The van der Waals surface area contributed by atoms with Gasteiger partial charge in [-0.25, -0.2) is 4.79 Å². The molecule has 1 N–H and O–H groups in total. The van der Waals surface area contributed by atoms with Crippen LogP contribution in [-0.4, -0.2) is 30.0 Å². The van der Waals surface area contributed by atoms with Gasteiger partial charge in [0.15, 0.2) is 6.61 Å². The van der Waals surface area contributed by atoms with E-state index in [1.54, 1.807) is 13.0 Å². The highest BCUT2D eigenvalue weighted by atomic mass is 32.1. The van der Waals surface area contributed by atoms with E-state index >= 15 is 0 Å². The number of benzene rings is 1. The Balaban J connectivity index is 1.92. The lowest BCUT2D eigenvalue weighted by Crippen LogP contribution is -2.20. The zero-order valence-corrected chi connectivity index (χ0v) is 14.7. The predicted octanol–water partition coefficient (Wildman–Crippen LogP) is 3.25. The second kappa shape index (κ2) is 9.33. The molecular formula is C17H16N2O6S. The first-order chi connectivity index (χ1) is 12.5. The molecule has 136 valence electrons. The summed E-state index contributed by atoms with van der Waals surface area (Å²) in [5, 5.41) is 17.2. The Morgan fingerprint density at radius 2 is 2.15 bits per heavy atom. The number of carbonyl (C=O) groups is 2. The summed E-state index contributed by atoms with van der Waals surface area (Å²) in [5.74, 6) is -1.05. The third kappa shape index (κ3) is 5.71. The number of nitrogens with one attached hydrogen (secondary N) is 1. The van der Waals surface area contributed by atoms with Crippen molar-refractivity contribution in [1.29, 1.82) is 0 Å². The smallest absolute Gasteiger partial charge is 0.331 e. The van der Waals surface area contributed by atoms with Crippen LogP contribution >= 0.6 is 11.3 Å². The molecule has 8 nitrogen and oxygen atoms in total. The molecule has 0 saturated carbocycles. The number of thiophene rings is 1. The van der Waals surface area contributed by atoms with E-state index in [-0.39, 0.29) is 11.4 Å². The molecule has 26 heavy (non-hydrogen) atoms. The van der Waals surface area contributed by atoms with Gasteiger partial charge in [-0.3, -0.25) is 14.9 Å². The monoisotopic (exact) mass is 376 g/mol. The van der Waals surface area contributed by atoms with Crippen molar-refractivity contribution >= 4 is 40.7 Å². The van der Waals surface area contributed by atoms with Crippen LogP contribution in [0.15, 0.2) is 41.1 Å². The second-order valence-corrected chi connectivity index (χ2v) is 5.70. The van der Waals surface area contributed by atoms with E-state index < -0.39 is 23.4 Å². The molecule has 1 amide bonds. The van der Waals surface area contributed by atoms with Crippen molar-refractivity contribution in [2.45, 2.75) is 6.92 Å². The molecule has 0 aliphatic rings. The number of amides is 1. The van der Waals surface area contributed by atoms with Crippen LogP contribution in [-0.2, 0) is 14.3 Å². The van der Waals surface area contributed by atoms with Crippen LogP contribution in [0.25, 0.3) is 6.08 Å². The lowest BCUT2D eigenvalue weighted by molar-refractivity contribution is -0.384. The van der Waals surface area contributed by atoms with Crippen LogP contribution in [0.5, 0.6) is 5.75 Å². The number of rotatable bonds is 8. The number of nitro groups is 1. The molecule has 9 heteroatoms. The Hall–Kier alpha value is -3.20. The van der Waals surface area contributed by atoms with Crippen LogP contribution in [0.4, 0.5) is 11.4 Å². The molecule has 0 bridgehead atoms. The summed E-state index contributed by atoms with van der Waals surface area (Å²) in [6, 6.07) is 5.90. The van der Waals surface area contributed by atoms with Crippen LogP contribution < -0.4 is 10.1 Å². The van der Waals surface area contributed by atoms with E-state index in [9.17, 15) is 19.7 Å². The first-order valence-electron chi connectivity index (χ1n) is 7.57. The topological polar surface area (TPSA) is 108 Å². The number of hydrogen-bond donors (Lipinski definition) is 1. The quantitative estimate of drug-likeness (QED) is 0.328. The average molecular weight is 376 g/mol. The molecule has 0 spiro atoms. The Morgan fingerprint density at radius 3 is 2.81 bits per heavy atom. The molecular weight excluding hydrogens is 360 g/mol. The van der Waals surface area contributed by atoms with Crippen molar-refractivity contribution in [2.75, 3.05) is 18.5 Å². The summed E-state index contributed by atoms with van der Waals surface area (Å²) in [7, 11) is 0. The van der Waals surface area contributed by atoms with Gasteiger partial charge in [0.05, 0.1) is 17.6 Å². The van der Waals surface area contributed by atoms with Gasteiger partial charge < -0.3 is 14.8 Å². The van der Waals surface area contributed by atoms with Crippen molar-refractivity contribution in [3.05, 3.63) is 56.8 Å². The van der Waals surface area contributed by atoms with E-state index in [1.165, 1.54) is 35.6 Å². The number of nitro benzene ring substituents is 1. The minimum Gasteiger partial charge on any atom is -0.494 e. The SMILES string of the molecule is CCOc1ccc(NC(=O)COC(=O)/C=C/c2ccsc2)c([N+](=O)[O-])c1. The van der Waals surface area contributed by atoms with E-state index in [4.69, 9.17) is 9.47 Å². The van der Waals surface area contributed by atoms with Gasteiger partial charge in [-0.05, 0) is 47.5 Å². The second-order valence-electron chi connectivity index (χ2n) is 4.91. The number of esters is 1. The Labute approximate surface area is 153 Å². The van der Waals surface area contributed by atoms with Gasteiger partial charge in [0, 0.05) is 6.08 Å². The van der Waals surface area contributed by atoms with Gasteiger partial charge in [0.2, 0.25) is 0 Å². The Morgan fingerprint density at radius 1 is 1.35 bits per heavy atom. The molecule has 1 aromatic carbocycles. The minimum atomic E-state index is -0.687. The van der Waals surface area contributed by atoms with Crippen molar-refractivity contribution in [3.63, 3.8) is 0 Å². The summed E-state index contributed by atoms with van der Waals surface area (Å²) in [6.07, 6.45) is 2.77. The average Bonchev–Trinajstić information content (AvgIpc) is 3.13. The molecule has 0 aliphatic heterocycles. The predicted molar refractivity (Wildman–Crippen MR) is 97.2 cm³/mol. The van der Waals surface area contributed by atoms with Gasteiger partial charge >= 0.3 is 5.97 Å².